The van der Waals surface area contributed by atoms with Crippen molar-refractivity contribution in [1.29, 1.82) is 0 Å². The number of imidazole rings is 1. The summed E-state index contributed by atoms with van der Waals surface area (Å²) in [6.45, 7) is 0.514. The van der Waals surface area contributed by atoms with Gasteiger partial charge in [-0.3, -0.25) is 4.98 Å². The lowest BCUT2D eigenvalue weighted by molar-refractivity contribution is 0.621. The van der Waals surface area contributed by atoms with Crippen molar-refractivity contribution in [2.45, 2.75) is 12.4 Å². The van der Waals surface area contributed by atoms with E-state index < -0.39 is 0 Å². The standard InChI is InChI=1S/C14H10BrClFN3/c15-10-5-12-13(6-11(10)17)20(14(7-16)19-12)8-9-3-1-2-4-18-9/h1-6H,7-8H2. The lowest BCUT2D eigenvalue weighted by atomic mass is 10.3. The number of pyridine rings is 1. The molecule has 20 heavy (non-hydrogen) atoms. The van der Waals surface area contributed by atoms with Gasteiger partial charge in [0, 0.05) is 12.3 Å². The third-order valence-corrected chi connectivity index (χ3v) is 3.88. The quantitative estimate of drug-likeness (QED) is 0.662. The molecule has 0 spiro atoms. The first-order chi connectivity index (χ1) is 9.69. The van der Waals surface area contributed by atoms with Crippen LogP contribution in [0.1, 0.15) is 11.5 Å². The van der Waals surface area contributed by atoms with Crippen molar-refractivity contribution < 1.29 is 4.39 Å². The van der Waals surface area contributed by atoms with E-state index >= 15 is 0 Å². The Morgan fingerprint density at radius 2 is 2.15 bits per heavy atom. The van der Waals surface area contributed by atoms with E-state index in [0.717, 1.165) is 5.69 Å². The number of alkyl halides is 1. The number of rotatable bonds is 3. The molecule has 0 amide bonds. The normalized spacial score (nSPS) is 11.2. The van der Waals surface area contributed by atoms with E-state index in [1.54, 1.807) is 12.3 Å². The molecule has 0 aliphatic heterocycles. The van der Waals surface area contributed by atoms with Gasteiger partial charge in [-0.15, -0.1) is 11.6 Å². The zero-order valence-electron chi connectivity index (χ0n) is 10.4. The summed E-state index contributed by atoms with van der Waals surface area (Å²) in [6.07, 6.45) is 1.73. The lowest BCUT2D eigenvalue weighted by Crippen LogP contribution is -2.05. The van der Waals surface area contributed by atoms with Crippen LogP contribution in [0, 0.1) is 5.82 Å². The van der Waals surface area contributed by atoms with Crippen molar-refractivity contribution in [3.8, 4) is 0 Å². The van der Waals surface area contributed by atoms with E-state index in [2.05, 4.69) is 25.9 Å². The number of benzene rings is 1. The molecule has 0 aliphatic carbocycles. The van der Waals surface area contributed by atoms with Gasteiger partial charge in [0.25, 0.3) is 0 Å². The maximum atomic E-state index is 13.7. The van der Waals surface area contributed by atoms with Crippen LogP contribution in [0.15, 0.2) is 41.0 Å². The molecule has 0 unspecified atom stereocenters. The Morgan fingerprint density at radius 1 is 1.30 bits per heavy atom. The molecule has 0 saturated heterocycles. The third-order valence-electron chi connectivity index (χ3n) is 3.04. The molecule has 0 atom stereocenters. The lowest BCUT2D eigenvalue weighted by Gasteiger charge is -2.07. The second kappa shape index (κ2) is 5.50. The first-order valence-electron chi connectivity index (χ1n) is 5.99. The zero-order valence-corrected chi connectivity index (χ0v) is 12.7. The Morgan fingerprint density at radius 3 is 2.85 bits per heavy atom. The zero-order chi connectivity index (χ0) is 14.1. The van der Waals surface area contributed by atoms with Crippen LogP contribution < -0.4 is 0 Å². The van der Waals surface area contributed by atoms with E-state index in [9.17, 15) is 4.39 Å². The summed E-state index contributed by atoms with van der Waals surface area (Å²) in [6, 6.07) is 8.81. The van der Waals surface area contributed by atoms with Crippen LogP contribution in [0.5, 0.6) is 0 Å². The van der Waals surface area contributed by atoms with E-state index in [4.69, 9.17) is 11.6 Å². The van der Waals surface area contributed by atoms with Crippen molar-refractivity contribution in [1.82, 2.24) is 14.5 Å². The second-order valence-corrected chi connectivity index (χ2v) is 5.45. The predicted molar refractivity (Wildman–Crippen MR) is 80.3 cm³/mol. The van der Waals surface area contributed by atoms with Crippen molar-refractivity contribution in [2.75, 3.05) is 0 Å². The predicted octanol–water partition coefficient (Wildman–Crippen LogP) is 4.12. The van der Waals surface area contributed by atoms with Gasteiger partial charge in [0.1, 0.15) is 11.6 Å². The van der Waals surface area contributed by atoms with Gasteiger partial charge < -0.3 is 4.57 Å². The maximum absolute atomic E-state index is 13.7. The van der Waals surface area contributed by atoms with Crippen molar-refractivity contribution in [2.24, 2.45) is 0 Å². The Kier molecular flexibility index (Phi) is 3.72. The van der Waals surface area contributed by atoms with Crippen LogP contribution in [-0.2, 0) is 12.4 Å². The molecule has 3 nitrogen and oxygen atoms in total. The number of hydrogen-bond acceptors (Lipinski definition) is 2. The molecule has 0 aliphatic rings. The number of hydrogen-bond donors (Lipinski definition) is 0. The molecule has 0 saturated carbocycles. The summed E-state index contributed by atoms with van der Waals surface area (Å²) < 4.78 is 16.0. The van der Waals surface area contributed by atoms with Gasteiger partial charge in [0.05, 0.1) is 33.6 Å². The molecular weight excluding hydrogens is 345 g/mol. The molecule has 3 aromatic rings. The number of fused-ring (bicyclic) bond motifs is 1. The second-order valence-electron chi connectivity index (χ2n) is 4.32. The number of nitrogens with zero attached hydrogens (tertiary/aromatic N) is 3. The number of aromatic nitrogens is 3. The molecule has 2 aromatic heterocycles. The van der Waals surface area contributed by atoms with Gasteiger partial charge in [0.2, 0.25) is 0 Å². The van der Waals surface area contributed by atoms with Gasteiger partial charge in [-0.25, -0.2) is 9.37 Å². The van der Waals surface area contributed by atoms with E-state index in [0.29, 0.717) is 27.9 Å². The van der Waals surface area contributed by atoms with Gasteiger partial charge in [-0.05, 0) is 34.1 Å². The van der Waals surface area contributed by atoms with Gasteiger partial charge >= 0.3 is 0 Å². The van der Waals surface area contributed by atoms with E-state index in [-0.39, 0.29) is 11.7 Å². The molecule has 0 bridgehead atoms. The fraction of sp³-hybridized carbons (Fsp3) is 0.143. The minimum Gasteiger partial charge on any atom is -0.321 e. The van der Waals surface area contributed by atoms with Crippen LogP contribution in [0.3, 0.4) is 0 Å². The summed E-state index contributed by atoms with van der Waals surface area (Å²) in [4.78, 5) is 8.72. The minimum atomic E-state index is -0.319. The molecule has 0 N–H and O–H groups in total. The average Bonchev–Trinajstić information content (AvgIpc) is 2.78. The summed E-state index contributed by atoms with van der Waals surface area (Å²) in [5.41, 5.74) is 2.30. The average molecular weight is 355 g/mol. The fourth-order valence-corrected chi connectivity index (χ4v) is 2.64. The largest absolute Gasteiger partial charge is 0.321 e. The first kappa shape index (κ1) is 13.5. The number of halogens is 3. The summed E-state index contributed by atoms with van der Waals surface area (Å²) in [5, 5.41) is 0. The molecule has 0 radical (unpaired) electrons. The van der Waals surface area contributed by atoms with Gasteiger partial charge in [0.15, 0.2) is 0 Å². The van der Waals surface area contributed by atoms with Crippen LogP contribution in [-0.4, -0.2) is 14.5 Å². The van der Waals surface area contributed by atoms with Crippen LogP contribution in [0.25, 0.3) is 11.0 Å². The smallest absolute Gasteiger partial charge is 0.139 e. The molecule has 0 fully saturated rings. The van der Waals surface area contributed by atoms with Crippen LogP contribution in [0.2, 0.25) is 0 Å². The molecule has 102 valence electrons. The van der Waals surface area contributed by atoms with Gasteiger partial charge in [-0.2, -0.15) is 0 Å². The summed E-state index contributed by atoms with van der Waals surface area (Å²) >= 11 is 9.11. The van der Waals surface area contributed by atoms with Gasteiger partial charge in [-0.1, -0.05) is 6.07 Å². The van der Waals surface area contributed by atoms with E-state index in [1.807, 2.05) is 22.8 Å². The Balaban J connectivity index is 2.15. The highest BCUT2D eigenvalue weighted by molar-refractivity contribution is 9.10. The minimum absolute atomic E-state index is 0.265. The summed E-state index contributed by atoms with van der Waals surface area (Å²) in [7, 11) is 0. The molecule has 1 aromatic carbocycles. The Labute approximate surface area is 128 Å². The van der Waals surface area contributed by atoms with E-state index in [1.165, 1.54) is 6.07 Å². The highest BCUT2D eigenvalue weighted by Crippen LogP contribution is 2.25. The SMILES string of the molecule is Fc1cc2c(cc1Br)nc(CCl)n2Cc1ccccn1. The van der Waals surface area contributed by atoms with Crippen molar-refractivity contribution >= 4 is 38.6 Å². The topological polar surface area (TPSA) is 30.7 Å². The highest BCUT2D eigenvalue weighted by Gasteiger charge is 2.13. The molecule has 3 rings (SSSR count). The first-order valence-corrected chi connectivity index (χ1v) is 7.32. The molecule has 6 heteroatoms. The fourth-order valence-electron chi connectivity index (χ4n) is 2.10. The molecule has 2 heterocycles. The third kappa shape index (κ3) is 2.43. The Hall–Kier alpha value is -1.46. The highest BCUT2D eigenvalue weighted by atomic mass is 79.9. The summed E-state index contributed by atoms with van der Waals surface area (Å²) in [5.74, 6) is 0.645. The maximum Gasteiger partial charge on any atom is 0.139 e. The van der Waals surface area contributed by atoms with Crippen LogP contribution in [0.4, 0.5) is 4.39 Å². The van der Waals surface area contributed by atoms with Crippen LogP contribution >= 0.6 is 27.5 Å². The molecular formula is C14H10BrClFN3. The Bertz CT molecular complexity index is 758. The monoisotopic (exact) mass is 353 g/mol. The van der Waals surface area contributed by atoms with Crippen molar-refractivity contribution in [3.05, 3.63) is 58.3 Å². The van der Waals surface area contributed by atoms with Crippen molar-refractivity contribution in [3.63, 3.8) is 0 Å².